The summed E-state index contributed by atoms with van der Waals surface area (Å²) < 4.78 is 0.912. The largest absolute Gasteiger partial charge is 0.347 e. The predicted molar refractivity (Wildman–Crippen MR) is 81.4 cm³/mol. The van der Waals surface area contributed by atoms with Crippen molar-refractivity contribution in [3.63, 3.8) is 0 Å². The molecule has 1 saturated carbocycles. The van der Waals surface area contributed by atoms with Crippen molar-refractivity contribution in [3.05, 3.63) is 28.5 Å². The van der Waals surface area contributed by atoms with E-state index in [0.29, 0.717) is 18.9 Å². The van der Waals surface area contributed by atoms with Gasteiger partial charge in [-0.2, -0.15) is 0 Å². The van der Waals surface area contributed by atoms with Crippen LogP contribution in [0.25, 0.3) is 0 Å². The van der Waals surface area contributed by atoms with Crippen molar-refractivity contribution in [2.24, 2.45) is 5.92 Å². The van der Waals surface area contributed by atoms with Gasteiger partial charge >= 0.3 is 0 Å². The second-order valence-corrected chi connectivity index (χ2v) is 6.65. The Hall–Kier alpha value is -1.43. The van der Waals surface area contributed by atoms with Gasteiger partial charge in [-0.1, -0.05) is 0 Å². The molecule has 1 atom stereocenters. The lowest BCUT2D eigenvalue weighted by atomic mass is 10.0. The third-order valence-electron chi connectivity index (χ3n) is 4.00. The van der Waals surface area contributed by atoms with E-state index >= 15 is 0 Å². The third kappa shape index (κ3) is 3.61. The number of nitrogens with one attached hydrogen (secondary N) is 1. The summed E-state index contributed by atoms with van der Waals surface area (Å²) in [6, 6.07) is 2.00. The van der Waals surface area contributed by atoms with Gasteiger partial charge in [-0.05, 0) is 52.7 Å². The number of amides is 2. The molecule has 2 amide bonds. The van der Waals surface area contributed by atoms with Crippen LogP contribution in [0.15, 0.2) is 22.9 Å². The van der Waals surface area contributed by atoms with E-state index in [1.807, 2.05) is 6.07 Å². The van der Waals surface area contributed by atoms with Gasteiger partial charge in [-0.25, -0.2) is 0 Å². The summed E-state index contributed by atoms with van der Waals surface area (Å²) in [6.45, 7) is 0.863. The van der Waals surface area contributed by atoms with Crippen LogP contribution in [0.3, 0.4) is 0 Å². The maximum absolute atomic E-state index is 12.2. The molecule has 2 aliphatic rings. The van der Waals surface area contributed by atoms with E-state index in [0.717, 1.165) is 29.3 Å². The van der Waals surface area contributed by atoms with Crippen molar-refractivity contribution in [3.8, 4) is 0 Å². The molecule has 0 aromatic carbocycles. The molecule has 21 heavy (non-hydrogen) atoms. The molecule has 1 unspecified atom stereocenters. The Morgan fingerprint density at radius 1 is 1.48 bits per heavy atom. The van der Waals surface area contributed by atoms with Crippen LogP contribution in [0.4, 0.5) is 0 Å². The van der Waals surface area contributed by atoms with Crippen molar-refractivity contribution in [1.82, 2.24) is 15.2 Å². The first-order valence-corrected chi connectivity index (χ1v) is 8.10. The number of likely N-dealkylation sites (tertiary alicyclic amines) is 1. The molecule has 2 heterocycles. The molecule has 1 aromatic heterocycles. The topological polar surface area (TPSA) is 62.3 Å². The van der Waals surface area contributed by atoms with Gasteiger partial charge in [-0.3, -0.25) is 14.6 Å². The van der Waals surface area contributed by atoms with E-state index in [2.05, 4.69) is 26.2 Å². The minimum atomic E-state index is -0.0814. The zero-order chi connectivity index (χ0) is 14.8. The number of nitrogens with zero attached hydrogens (tertiary/aromatic N) is 2. The van der Waals surface area contributed by atoms with Gasteiger partial charge in [0.2, 0.25) is 11.8 Å². The van der Waals surface area contributed by atoms with Gasteiger partial charge in [0.25, 0.3) is 0 Å². The molecule has 2 fully saturated rings. The number of hydrogen-bond acceptors (Lipinski definition) is 3. The molecule has 3 rings (SSSR count). The van der Waals surface area contributed by atoms with Crippen LogP contribution in [-0.2, 0) is 9.59 Å². The van der Waals surface area contributed by atoms with Crippen LogP contribution in [0, 0.1) is 5.92 Å². The van der Waals surface area contributed by atoms with Gasteiger partial charge in [0.1, 0.15) is 0 Å². The van der Waals surface area contributed by atoms with E-state index in [9.17, 15) is 9.59 Å². The predicted octanol–water partition coefficient (Wildman–Crippen LogP) is 2.03. The van der Waals surface area contributed by atoms with Crippen molar-refractivity contribution in [2.45, 2.75) is 31.7 Å². The fourth-order valence-electron chi connectivity index (χ4n) is 2.76. The van der Waals surface area contributed by atoms with Crippen LogP contribution in [-0.4, -0.2) is 34.8 Å². The summed E-state index contributed by atoms with van der Waals surface area (Å²) >= 11 is 3.42. The van der Waals surface area contributed by atoms with Gasteiger partial charge in [-0.15, -0.1) is 0 Å². The summed E-state index contributed by atoms with van der Waals surface area (Å²) in [4.78, 5) is 29.6. The minimum Gasteiger partial charge on any atom is -0.347 e. The highest BCUT2D eigenvalue weighted by molar-refractivity contribution is 9.10. The lowest BCUT2D eigenvalue weighted by Gasteiger charge is -2.21. The Balaban J connectivity index is 1.65. The van der Waals surface area contributed by atoms with E-state index in [1.54, 1.807) is 17.3 Å². The lowest BCUT2D eigenvalue weighted by molar-refractivity contribution is -0.133. The van der Waals surface area contributed by atoms with Crippen LogP contribution in [0.2, 0.25) is 0 Å². The van der Waals surface area contributed by atoms with Crippen molar-refractivity contribution < 1.29 is 9.59 Å². The zero-order valence-corrected chi connectivity index (χ0v) is 13.3. The zero-order valence-electron chi connectivity index (χ0n) is 11.7. The number of hydrogen-bond donors (Lipinski definition) is 1. The molecular formula is C15H18BrN3O2. The minimum absolute atomic E-state index is 0.000190. The highest BCUT2D eigenvalue weighted by Crippen LogP contribution is 2.41. The van der Waals surface area contributed by atoms with E-state index in [-0.39, 0.29) is 24.4 Å². The molecule has 112 valence electrons. The fraction of sp³-hybridized carbons (Fsp3) is 0.533. The molecule has 1 N–H and O–H groups in total. The van der Waals surface area contributed by atoms with Crippen molar-refractivity contribution in [2.75, 3.05) is 13.1 Å². The van der Waals surface area contributed by atoms with Crippen molar-refractivity contribution in [1.29, 1.82) is 0 Å². The Kier molecular flexibility index (Phi) is 4.24. The summed E-state index contributed by atoms with van der Waals surface area (Å²) in [5, 5.41) is 3.08. The first-order chi connectivity index (χ1) is 10.1. The van der Waals surface area contributed by atoms with Gasteiger partial charge in [0, 0.05) is 29.8 Å². The second kappa shape index (κ2) is 6.13. The van der Waals surface area contributed by atoms with Crippen LogP contribution in [0.1, 0.15) is 37.3 Å². The number of pyridine rings is 1. The number of rotatable bonds is 5. The Morgan fingerprint density at radius 3 is 2.90 bits per heavy atom. The maximum atomic E-state index is 12.2. The van der Waals surface area contributed by atoms with Gasteiger partial charge < -0.3 is 10.2 Å². The average Bonchev–Trinajstić information content (AvgIpc) is 3.21. The molecule has 1 aliphatic heterocycles. The summed E-state index contributed by atoms with van der Waals surface area (Å²) in [7, 11) is 0. The van der Waals surface area contributed by atoms with Crippen LogP contribution >= 0.6 is 15.9 Å². The van der Waals surface area contributed by atoms with E-state index < -0.39 is 0 Å². The third-order valence-corrected chi connectivity index (χ3v) is 4.43. The number of aromatic nitrogens is 1. The highest BCUT2D eigenvalue weighted by Gasteiger charge is 2.34. The van der Waals surface area contributed by atoms with E-state index in [1.165, 1.54) is 0 Å². The molecule has 1 aromatic rings. The van der Waals surface area contributed by atoms with Gasteiger partial charge in [0.15, 0.2) is 0 Å². The first kappa shape index (κ1) is 14.5. The summed E-state index contributed by atoms with van der Waals surface area (Å²) in [6.07, 6.45) is 7.20. The Labute approximate surface area is 132 Å². The lowest BCUT2D eigenvalue weighted by Crippen LogP contribution is -2.40. The van der Waals surface area contributed by atoms with Gasteiger partial charge in [0.05, 0.1) is 12.6 Å². The Morgan fingerprint density at radius 2 is 2.29 bits per heavy atom. The quantitative estimate of drug-likeness (QED) is 0.882. The molecule has 1 saturated heterocycles. The molecular weight excluding hydrogens is 334 g/mol. The molecule has 0 bridgehead atoms. The number of carbonyl (C=O) groups excluding carboxylic acids is 2. The monoisotopic (exact) mass is 351 g/mol. The van der Waals surface area contributed by atoms with Crippen LogP contribution in [0.5, 0.6) is 0 Å². The molecule has 6 heteroatoms. The fourth-order valence-corrected chi connectivity index (χ4v) is 3.15. The highest BCUT2D eigenvalue weighted by atomic mass is 79.9. The van der Waals surface area contributed by atoms with Crippen molar-refractivity contribution >= 4 is 27.7 Å². The number of halogens is 1. The standard InChI is InChI=1S/C15H18BrN3O2/c16-12-6-11(7-17-8-12)15(10-3-4-10)18-13(20)9-19-5-1-2-14(19)21/h6-8,10,15H,1-5,9H2,(H,18,20). The maximum Gasteiger partial charge on any atom is 0.240 e. The summed E-state index contributed by atoms with van der Waals surface area (Å²) in [5.41, 5.74) is 1.02. The van der Waals surface area contributed by atoms with E-state index in [4.69, 9.17) is 0 Å². The molecule has 1 aliphatic carbocycles. The molecule has 5 nitrogen and oxygen atoms in total. The average molecular weight is 352 g/mol. The molecule has 0 spiro atoms. The second-order valence-electron chi connectivity index (χ2n) is 5.74. The smallest absolute Gasteiger partial charge is 0.240 e. The summed E-state index contributed by atoms with van der Waals surface area (Å²) in [5.74, 6) is 0.485. The SMILES string of the molecule is O=C(CN1CCCC1=O)NC(c1cncc(Br)c1)C1CC1. The molecule has 0 radical (unpaired) electrons. The Bertz CT molecular complexity index is 560. The first-order valence-electron chi connectivity index (χ1n) is 7.31. The normalized spacial score (nSPS) is 19.7. The van der Waals surface area contributed by atoms with Crippen LogP contribution < -0.4 is 5.32 Å². The number of carbonyl (C=O) groups is 2.